The molecule has 10 heavy (non-hydrogen) atoms. The molecular weight excluding hydrogens is 164 g/mol. The first-order chi connectivity index (χ1) is 4.27. The van der Waals surface area contributed by atoms with E-state index in [9.17, 15) is 4.79 Å². The third-order valence-corrected chi connectivity index (χ3v) is 0.302. The van der Waals surface area contributed by atoms with Crippen LogP contribution in [0.3, 0.4) is 0 Å². The van der Waals surface area contributed by atoms with Gasteiger partial charge in [-0.25, -0.2) is 0 Å². The highest BCUT2D eigenvalue weighted by Crippen LogP contribution is 1.67. The number of rotatable bonds is 1. The minimum Gasteiger partial charge on any atom is -0.481 e. The third-order valence-electron chi connectivity index (χ3n) is 0.302. The van der Waals surface area contributed by atoms with Crippen molar-refractivity contribution in [2.75, 3.05) is 0 Å². The van der Waals surface area contributed by atoms with Crippen LogP contribution >= 0.6 is 0 Å². The summed E-state index contributed by atoms with van der Waals surface area (Å²) < 4.78 is 31.6. The molecule has 0 rings (SSSR count). The van der Waals surface area contributed by atoms with Gasteiger partial charge in [0.05, 0.1) is 0 Å². The van der Waals surface area contributed by atoms with Crippen molar-refractivity contribution in [3.05, 3.63) is 0 Å². The van der Waals surface area contributed by atoms with E-state index in [1.807, 2.05) is 0 Å². The lowest BCUT2D eigenvalue weighted by atomic mass is 10.5. The summed E-state index contributed by atoms with van der Waals surface area (Å²) in [6, 6.07) is 0. The van der Waals surface area contributed by atoms with Crippen LogP contribution in [0, 0.1) is 0 Å². The quantitative estimate of drug-likeness (QED) is 0.473. The van der Waals surface area contributed by atoms with Gasteiger partial charge in [0.2, 0.25) is 0 Å². The second-order valence-corrected chi connectivity index (χ2v) is 2.09. The number of hydrogen-bond donors (Lipinski definition) is 3. The van der Waals surface area contributed by atoms with E-state index in [0.29, 0.717) is 0 Å². The Kier molecular flexibility index (Phi) is 6.21. The van der Waals surface area contributed by atoms with Crippen molar-refractivity contribution in [3.63, 3.8) is 0 Å². The van der Waals surface area contributed by atoms with E-state index in [1.54, 1.807) is 6.92 Å². The molecule has 0 aliphatic carbocycles. The predicted octanol–water partition coefficient (Wildman–Crippen LogP) is -0.172. The zero-order valence-corrected chi connectivity index (χ0v) is 6.00. The summed E-state index contributed by atoms with van der Waals surface area (Å²) in [5.41, 5.74) is 0. The summed E-state index contributed by atoms with van der Waals surface area (Å²) in [6.45, 7) is 1.60. The molecule has 0 aliphatic rings. The highest BCUT2D eigenvalue weighted by molar-refractivity contribution is 7.79. The first kappa shape index (κ1) is 12.1. The zero-order valence-electron chi connectivity index (χ0n) is 5.18. The van der Waals surface area contributed by atoms with E-state index < -0.39 is 16.4 Å². The molecule has 0 heterocycles. The maximum atomic E-state index is 9.37. The van der Waals surface area contributed by atoms with Gasteiger partial charge in [0, 0.05) is 6.42 Å². The molecule has 0 aromatic heterocycles. The van der Waals surface area contributed by atoms with E-state index in [4.69, 9.17) is 22.6 Å². The maximum Gasteiger partial charge on any atom is 0.394 e. The van der Waals surface area contributed by atoms with E-state index >= 15 is 0 Å². The van der Waals surface area contributed by atoms with Crippen molar-refractivity contribution in [1.29, 1.82) is 0 Å². The average molecular weight is 172 g/mol. The second kappa shape index (κ2) is 5.15. The topological polar surface area (TPSA) is 112 Å². The number of carboxylic acids is 1. The van der Waals surface area contributed by atoms with Gasteiger partial charge in [0.1, 0.15) is 0 Å². The first-order valence-corrected chi connectivity index (χ1v) is 3.58. The third kappa shape index (κ3) is 164. The van der Waals surface area contributed by atoms with Crippen LogP contribution in [0.4, 0.5) is 0 Å². The van der Waals surface area contributed by atoms with Crippen LogP contribution in [-0.2, 0) is 15.2 Å². The summed E-state index contributed by atoms with van der Waals surface area (Å²) in [5, 5.41) is 7.72. The highest BCUT2D eigenvalue weighted by Gasteiger charge is 1.84. The number of aliphatic carboxylic acids is 1. The van der Waals surface area contributed by atoms with Crippen molar-refractivity contribution in [1.82, 2.24) is 0 Å². The largest absolute Gasteiger partial charge is 0.481 e. The Morgan fingerprint density at radius 1 is 1.40 bits per heavy atom. The predicted molar refractivity (Wildman–Crippen MR) is 32.1 cm³/mol. The molecule has 3 N–H and O–H groups in total. The fraction of sp³-hybridized carbons (Fsp3) is 0.667. The Labute approximate surface area is 58.1 Å². The first-order valence-electron chi connectivity index (χ1n) is 2.19. The monoisotopic (exact) mass is 172 g/mol. The minimum atomic E-state index is -4.67. The molecule has 62 valence electrons. The molecule has 0 amide bonds. The Bertz CT molecular complexity index is 171. The Balaban J connectivity index is 0. The molecule has 7 heteroatoms. The van der Waals surface area contributed by atoms with Crippen molar-refractivity contribution < 1.29 is 27.4 Å². The maximum absolute atomic E-state index is 9.37. The van der Waals surface area contributed by atoms with Gasteiger partial charge in [0.25, 0.3) is 0 Å². The molecule has 0 saturated carbocycles. The van der Waals surface area contributed by atoms with Crippen molar-refractivity contribution in [2.45, 2.75) is 13.3 Å². The van der Waals surface area contributed by atoms with Crippen LogP contribution in [-0.4, -0.2) is 28.6 Å². The van der Waals surface area contributed by atoms with Gasteiger partial charge in [-0.05, 0) is 0 Å². The molecule has 0 atom stereocenters. The van der Waals surface area contributed by atoms with Crippen LogP contribution in [0.5, 0.6) is 0 Å². The van der Waals surface area contributed by atoms with Crippen molar-refractivity contribution in [2.24, 2.45) is 0 Å². The van der Waals surface area contributed by atoms with Gasteiger partial charge in [-0.15, -0.1) is 0 Å². The molecule has 0 aromatic carbocycles. The van der Waals surface area contributed by atoms with E-state index in [-0.39, 0.29) is 6.42 Å². The summed E-state index contributed by atoms with van der Waals surface area (Å²) in [6.07, 6.45) is 0.222. The minimum absolute atomic E-state index is 0.222. The van der Waals surface area contributed by atoms with Gasteiger partial charge in [-0.3, -0.25) is 13.9 Å². The smallest absolute Gasteiger partial charge is 0.394 e. The molecule has 0 spiro atoms. The van der Waals surface area contributed by atoms with Crippen LogP contribution in [0.25, 0.3) is 0 Å². The van der Waals surface area contributed by atoms with Gasteiger partial charge >= 0.3 is 16.4 Å². The van der Waals surface area contributed by atoms with E-state index in [0.717, 1.165) is 0 Å². The molecule has 0 aliphatic heterocycles. The lowest BCUT2D eigenvalue weighted by Gasteiger charge is -1.71. The molecule has 0 radical (unpaired) electrons. The van der Waals surface area contributed by atoms with Gasteiger partial charge in [-0.2, -0.15) is 8.42 Å². The molecule has 6 nitrogen and oxygen atoms in total. The zero-order chi connectivity index (χ0) is 8.78. The van der Waals surface area contributed by atoms with E-state index in [2.05, 4.69) is 0 Å². The molecule has 0 bridgehead atoms. The Morgan fingerprint density at radius 3 is 1.50 bits per heavy atom. The fourth-order valence-electron chi connectivity index (χ4n) is 0. The molecule has 0 unspecified atom stereocenters. The fourth-order valence-corrected chi connectivity index (χ4v) is 0. The van der Waals surface area contributed by atoms with Crippen LogP contribution in [0.1, 0.15) is 13.3 Å². The lowest BCUT2D eigenvalue weighted by Crippen LogP contribution is -1.89. The summed E-state index contributed by atoms with van der Waals surface area (Å²) in [7, 11) is -4.67. The standard InChI is InChI=1S/C3H6O2.H2O4S/c1-2-3(4)5;1-5(2,3)4/h2H2,1H3,(H,4,5);(H2,1,2,3,4). The number of hydrogen-bond acceptors (Lipinski definition) is 3. The number of carbonyl (C=O) groups is 1. The van der Waals surface area contributed by atoms with Gasteiger partial charge < -0.3 is 5.11 Å². The normalized spacial score (nSPS) is 9.50. The Hall–Kier alpha value is -0.660. The summed E-state index contributed by atoms with van der Waals surface area (Å²) in [5.74, 6) is -0.745. The SMILES string of the molecule is CCC(=O)O.O=S(=O)(O)O. The van der Waals surface area contributed by atoms with Crippen LogP contribution in [0.15, 0.2) is 0 Å². The second-order valence-electron chi connectivity index (χ2n) is 1.20. The molecular formula is C3H8O6S. The lowest BCUT2D eigenvalue weighted by molar-refractivity contribution is -0.136. The molecule has 0 fully saturated rings. The average Bonchev–Trinajstić information content (AvgIpc) is 1.61. The van der Waals surface area contributed by atoms with Crippen molar-refractivity contribution >= 4 is 16.4 Å². The van der Waals surface area contributed by atoms with Gasteiger partial charge in [0.15, 0.2) is 0 Å². The summed E-state index contributed by atoms with van der Waals surface area (Å²) >= 11 is 0. The van der Waals surface area contributed by atoms with Crippen LogP contribution < -0.4 is 0 Å². The van der Waals surface area contributed by atoms with Crippen LogP contribution in [0.2, 0.25) is 0 Å². The molecule has 0 saturated heterocycles. The van der Waals surface area contributed by atoms with Crippen molar-refractivity contribution in [3.8, 4) is 0 Å². The highest BCUT2D eigenvalue weighted by atomic mass is 32.3. The Morgan fingerprint density at radius 2 is 1.50 bits per heavy atom. The van der Waals surface area contributed by atoms with Gasteiger partial charge in [-0.1, -0.05) is 6.92 Å². The summed E-state index contributed by atoms with van der Waals surface area (Å²) in [4.78, 5) is 9.37. The van der Waals surface area contributed by atoms with E-state index in [1.165, 1.54) is 0 Å². The molecule has 0 aromatic rings. The number of carboxylic acid groups (broad SMARTS) is 1.